The molecule has 0 N–H and O–H groups in total. The van der Waals surface area contributed by atoms with E-state index in [0.717, 1.165) is 131 Å². The summed E-state index contributed by atoms with van der Waals surface area (Å²) in [5.74, 6) is 4.87. The van der Waals surface area contributed by atoms with Gasteiger partial charge in [0.1, 0.15) is 0 Å². The van der Waals surface area contributed by atoms with Crippen LogP contribution in [-0.2, 0) is 58.1 Å². The Kier molecular flexibility index (Phi) is 42.7. The number of hydrogen-bond donors (Lipinski definition) is 0. The average Bonchev–Trinajstić information content (AvgIpc) is 1.63. The summed E-state index contributed by atoms with van der Waals surface area (Å²) in [6, 6.07) is 65.8. The second kappa shape index (κ2) is 51.7. The van der Waals surface area contributed by atoms with Gasteiger partial charge in [-0.1, -0.05) is 270 Å². The largest absolute Gasteiger partial charge is 0.400 e. The molecule has 6 aromatic heterocycles. The van der Waals surface area contributed by atoms with Crippen molar-refractivity contribution in [2.45, 2.75) is 234 Å². The summed E-state index contributed by atoms with van der Waals surface area (Å²) in [7, 11) is -3.22. The van der Waals surface area contributed by atoms with Gasteiger partial charge in [0, 0.05) is 107 Å². The standard InChI is InChI=1S/2C39H46BN6.C31H37O4.4CH2Cl2.2Zn/c2*1-25(2)31-10-16-34(17-11-31)37-22-28(7)44(41-37)40(45-29(8)23-38(42-45)35-18-12-32(13-19-35)26(3)4)46-30(9)24-39(43-46)36-20-14-33(15-21-36)27(5)6;1-30(2,3)22-12-20(14-24(32)28(22)34)27(21-13-23(31(4,5)6)29(35)25(33)15-21)26-18-8-16-7-17(10-18)11-19(26)9-16;4*2-1-3;;/h2*10-27,40H,1-9H3;12-19,26H,7-11H2,1-6H3;4*1H2;;/q2*-1;+1;;;;;;. The van der Waals surface area contributed by atoms with E-state index in [1.54, 1.807) is 0 Å². The number of Topliss-reactive ketones (excluding diaryl/α,β-unsaturated/α-hetero) is 2. The minimum absolute atomic E-state index is 0. The van der Waals surface area contributed by atoms with Crippen molar-refractivity contribution < 1.29 is 58.1 Å². The first-order valence-corrected chi connectivity index (χ1v) is 52.9. The third kappa shape index (κ3) is 28.4. The molecule has 0 radical (unpaired) electrons. The Hall–Kier alpha value is -8.21. The van der Waals surface area contributed by atoms with Crippen LogP contribution >= 0.6 is 92.8 Å². The minimum Gasteiger partial charge on any atom is -0.400 e. The van der Waals surface area contributed by atoms with E-state index < -0.39 is 48.2 Å². The van der Waals surface area contributed by atoms with Crippen LogP contribution in [0.2, 0.25) is 0 Å². The molecule has 6 heterocycles. The maximum absolute atomic E-state index is 12.9. The van der Waals surface area contributed by atoms with Crippen molar-refractivity contribution in [2.24, 2.45) is 40.4 Å². The number of nitrogens with zero attached hydrogens (tertiary/aromatic N) is 12. The molecule has 4 bridgehead atoms. The fourth-order valence-electron chi connectivity index (χ4n) is 20.2. The molecular formula is C113H137B2Cl8N12O4Zn2-. The number of benzene rings is 6. The van der Waals surface area contributed by atoms with Gasteiger partial charge in [-0.05, 0) is 248 Å². The number of allylic oxidation sites excluding steroid dienone is 8. The van der Waals surface area contributed by atoms with Gasteiger partial charge in [-0.2, -0.15) is 0 Å². The zero-order valence-electron chi connectivity index (χ0n) is 86.7. The van der Waals surface area contributed by atoms with E-state index in [4.69, 9.17) is 123 Å². The van der Waals surface area contributed by atoms with Crippen LogP contribution in [-0.4, -0.2) is 117 Å². The maximum Gasteiger partial charge on any atom is 0.326 e. The first-order valence-electron chi connectivity index (χ1n) is 48.6. The molecular weight excluding hydrogens is 2030 g/mol. The van der Waals surface area contributed by atoms with E-state index in [0.29, 0.717) is 58.5 Å². The molecule has 0 spiro atoms. The first-order chi connectivity index (χ1) is 65.9. The quantitative estimate of drug-likeness (QED) is 0.0221. The van der Waals surface area contributed by atoms with Gasteiger partial charge in [-0.3, -0.25) is 19.2 Å². The number of halogens is 8. The van der Waals surface area contributed by atoms with Gasteiger partial charge < -0.3 is 27.6 Å². The summed E-state index contributed by atoms with van der Waals surface area (Å²) in [5.41, 5.74) is 28.3. The Balaban J connectivity index is 0.000000223. The molecule has 18 rings (SSSR count). The van der Waals surface area contributed by atoms with Crippen molar-refractivity contribution >= 4 is 130 Å². The number of carbonyl (C=O) groups is 4. The van der Waals surface area contributed by atoms with Crippen LogP contribution in [0.15, 0.2) is 229 Å². The van der Waals surface area contributed by atoms with Crippen LogP contribution in [0.1, 0.15) is 260 Å². The number of aromatic nitrogens is 12. The van der Waals surface area contributed by atoms with E-state index >= 15 is 0 Å². The maximum atomic E-state index is 12.9. The van der Waals surface area contributed by atoms with Crippen LogP contribution in [0.4, 0.5) is 0 Å². The number of rotatable bonds is 21. The van der Waals surface area contributed by atoms with Crippen LogP contribution < -0.4 is 0 Å². The normalized spacial score (nSPS) is 16.5. The van der Waals surface area contributed by atoms with E-state index in [1.807, 2.05) is 53.7 Å². The van der Waals surface area contributed by atoms with Gasteiger partial charge >= 0.3 is 14.2 Å². The van der Waals surface area contributed by atoms with E-state index in [-0.39, 0.29) is 66.2 Å². The summed E-state index contributed by atoms with van der Waals surface area (Å²) in [4.78, 5) is 51.5. The van der Waals surface area contributed by atoms with Crippen molar-refractivity contribution in [3.63, 3.8) is 0 Å². The zero-order valence-corrected chi connectivity index (χ0v) is 98.7. The van der Waals surface area contributed by atoms with Gasteiger partial charge in [-0.25, -0.2) is 30.6 Å². The monoisotopic (exact) mass is 2160 g/mol. The molecule has 141 heavy (non-hydrogen) atoms. The van der Waals surface area contributed by atoms with Crippen molar-refractivity contribution in [3.8, 4) is 67.5 Å². The van der Waals surface area contributed by atoms with Gasteiger partial charge in [0.05, 0.1) is 78.8 Å². The van der Waals surface area contributed by atoms with Gasteiger partial charge in [0.25, 0.3) is 11.6 Å². The Morgan fingerprint density at radius 1 is 0.298 bits per heavy atom. The molecule has 28 heteroatoms. The van der Waals surface area contributed by atoms with E-state index in [2.05, 4.69) is 334 Å². The minimum atomic E-state index is -1.61. The third-order valence-electron chi connectivity index (χ3n) is 27.6. The van der Waals surface area contributed by atoms with Gasteiger partial charge in [0.2, 0.25) is 11.6 Å². The molecule has 4 fully saturated rings. The van der Waals surface area contributed by atoms with Crippen LogP contribution in [0.3, 0.4) is 0 Å². The number of carbonyl (C=O) groups excluding carboxylic acids is 4. The molecule has 0 unspecified atom stereocenters. The predicted octanol–water partition coefficient (Wildman–Crippen LogP) is 29.9. The van der Waals surface area contributed by atoms with Gasteiger partial charge in [-0.15, -0.1) is 92.8 Å². The van der Waals surface area contributed by atoms with Crippen LogP contribution in [0.5, 0.6) is 0 Å². The van der Waals surface area contributed by atoms with Crippen LogP contribution in [0, 0.1) is 87.9 Å². The Morgan fingerprint density at radius 3 is 0.624 bits per heavy atom. The Morgan fingerprint density at radius 2 is 0.468 bits per heavy atom. The smallest absolute Gasteiger partial charge is 0.326 e. The first kappa shape index (κ1) is 116. The number of aryl methyl sites for hydroxylation is 6. The Labute approximate surface area is 903 Å². The summed E-state index contributed by atoms with van der Waals surface area (Å²) < 4.78 is 12.9. The molecule has 4 saturated carbocycles. The van der Waals surface area contributed by atoms with Crippen molar-refractivity contribution in [1.82, 2.24) is 58.1 Å². The molecule has 0 saturated heterocycles. The molecule has 0 aliphatic heterocycles. The van der Waals surface area contributed by atoms with E-state index in [1.165, 1.54) is 77.6 Å². The molecule has 16 nitrogen and oxygen atoms in total. The van der Waals surface area contributed by atoms with Crippen molar-refractivity contribution in [3.05, 3.63) is 302 Å². The topological polar surface area (TPSA) is 175 Å². The SMILES string of the molecule is CC(C)(C)C1=CC([C+](C2=CC(=O)C(=O)C(C(C)(C)C)=C2)C2C3CC4CC(C3)CC2C4)=CC(=O)C1=O.Cc1cc(-c2ccc(C(C)C)cc2)nn1[BH-](n1nc(-c2ccc(C(C)C)cc2)cc1C)n1nc(-c2ccc(C(C)C)cc2)cc1C.Cc1cc(-c2ccc(C(C)C)cc2)nn1[BH-](n1nc(-c2ccc(C(C)C)cc2)cc1C)n1nc(-c2ccc(C(C)C)cc2)cc1C.ClCCl.ClCCl.ClCCl.ClCCl.[Zn].[Zn]. The molecule has 0 amide bonds. The van der Waals surface area contributed by atoms with Crippen molar-refractivity contribution in [2.75, 3.05) is 21.4 Å². The third-order valence-corrected chi connectivity index (χ3v) is 27.6. The summed E-state index contributed by atoms with van der Waals surface area (Å²) >= 11 is 38.1. The average molecular weight is 2160 g/mol. The number of alkyl halides is 8. The second-order valence-corrected chi connectivity index (χ2v) is 44.7. The molecule has 12 aromatic rings. The molecule has 6 aliphatic rings. The Bertz CT molecular complexity index is 5500. The molecule has 6 aliphatic carbocycles. The zero-order chi connectivity index (χ0) is 102. The molecule has 740 valence electrons. The van der Waals surface area contributed by atoms with Crippen LogP contribution in [0.25, 0.3) is 67.5 Å². The fraction of sp³-hybridized carbons (Fsp3) is 0.407. The summed E-state index contributed by atoms with van der Waals surface area (Å²) in [6.07, 6.45) is 12.9. The molecule has 0 atom stereocenters. The number of hydrogen-bond acceptors (Lipinski definition) is 10. The van der Waals surface area contributed by atoms with Gasteiger partial charge in [0.15, 0.2) is 0 Å². The fourth-order valence-corrected chi connectivity index (χ4v) is 20.2. The summed E-state index contributed by atoms with van der Waals surface area (Å²) in [5, 5.41) is 32.3. The van der Waals surface area contributed by atoms with Crippen molar-refractivity contribution in [1.29, 1.82) is 0 Å². The second-order valence-electron chi connectivity index (χ2n) is 41.5. The summed E-state index contributed by atoms with van der Waals surface area (Å²) in [6.45, 7) is 51.2. The van der Waals surface area contributed by atoms with E-state index in [9.17, 15) is 19.2 Å². The molecule has 6 aromatic carbocycles. The predicted molar refractivity (Wildman–Crippen MR) is 587 cm³/mol. The number of ketones is 4.